The quantitative estimate of drug-likeness (QED) is 0.723. The average Bonchev–Trinajstić information content (AvgIpc) is 2.31. The number of alkyl halides is 1. The largest absolute Gasteiger partial charge is 0.381 e. The highest BCUT2D eigenvalue weighted by atomic mass is 35.5. The normalized spacial score (nSPS) is 20.1. The summed E-state index contributed by atoms with van der Waals surface area (Å²) in [6.07, 6.45) is 2.00. The predicted octanol–water partition coefficient (Wildman–Crippen LogP) is 3.63. The van der Waals surface area contributed by atoms with Crippen LogP contribution >= 0.6 is 23.2 Å². The molecule has 0 atom stereocenters. The van der Waals surface area contributed by atoms with Crippen molar-refractivity contribution in [3.05, 3.63) is 34.9 Å². The van der Waals surface area contributed by atoms with Gasteiger partial charge in [-0.15, -0.1) is 11.6 Å². The first-order valence-corrected chi connectivity index (χ1v) is 6.08. The summed E-state index contributed by atoms with van der Waals surface area (Å²) in [4.78, 5) is 0. The maximum atomic E-state index is 6.12. The monoisotopic (exact) mass is 244 g/mol. The molecule has 1 aliphatic heterocycles. The van der Waals surface area contributed by atoms with Crippen molar-refractivity contribution in [1.29, 1.82) is 0 Å². The fourth-order valence-electron chi connectivity index (χ4n) is 2.07. The lowest BCUT2D eigenvalue weighted by Crippen LogP contribution is -2.35. The van der Waals surface area contributed by atoms with Crippen LogP contribution in [-0.4, -0.2) is 19.1 Å². The molecule has 0 saturated carbocycles. The van der Waals surface area contributed by atoms with Crippen LogP contribution in [0.3, 0.4) is 0 Å². The van der Waals surface area contributed by atoms with Crippen LogP contribution in [0.25, 0.3) is 0 Å². The summed E-state index contributed by atoms with van der Waals surface area (Å²) in [5.41, 5.74) is 1.37. The minimum Gasteiger partial charge on any atom is -0.381 e. The van der Waals surface area contributed by atoms with Crippen LogP contribution < -0.4 is 0 Å². The van der Waals surface area contributed by atoms with Crippen LogP contribution in [0.15, 0.2) is 24.3 Å². The maximum Gasteiger partial charge on any atom is 0.0474 e. The van der Waals surface area contributed by atoms with E-state index >= 15 is 0 Å². The molecule has 1 saturated heterocycles. The number of hydrogen-bond acceptors (Lipinski definition) is 1. The molecule has 0 bridgehead atoms. The molecule has 1 aliphatic rings. The summed E-state index contributed by atoms with van der Waals surface area (Å²) < 4.78 is 5.39. The Morgan fingerprint density at radius 1 is 1.13 bits per heavy atom. The van der Waals surface area contributed by atoms with E-state index in [1.807, 2.05) is 12.1 Å². The number of ether oxygens (including phenoxy) is 1. The van der Waals surface area contributed by atoms with Crippen LogP contribution in [0.5, 0.6) is 0 Å². The van der Waals surface area contributed by atoms with Crippen LogP contribution in [0.2, 0.25) is 5.02 Å². The molecule has 0 amide bonds. The zero-order valence-corrected chi connectivity index (χ0v) is 10.0. The minimum absolute atomic E-state index is 0.0877. The van der Waals surface area contributed by atoms with E-state index < -0.39 is 0 Å². The first kappa shape index (κ1) is 11.3. The van der Waals surface area contributed by atoms with Crippen molar-refractivity contribution >= 4 is 23.2 Å². The van der Waals surface area contributed by atoms with Crippen molar-refractivity contribution in [2.45, 2.75) is 18.3 Å². The maximum absolute atomic E-state index is 6.12. The van der Waals surface area contributed by atoms with Crippen molar-refractivity contribution in [3.8, 4) is 0 Å². The zero-order chi connectivity index (χ0) is 10.7. The second-order valence-corrected chi connectivity index (χ2v) is 4.74. The van der Waals surface area contributed by atoms with Gasteiger partial charge in [0.15, 0.2) is 0 Å². The number of hydrogen-bond donors (Lipinski definition) is 0. The highest BCUT2D eigenvalue weighted by Gasteiger charge is 2.33. The van der Waals surface area contributed by atoms with Crippen molar-refractivity contribution in [2.75, 3.05) is 19.1 Å². The first-order valence-electron chi connectivity index (χ1n) is 5.17. The lowest BCUT2D eigenvalue weighted by molar-refractivity contribution is 0.0575. The molecule has 0 aromatic heterocycles. The Balaban J connectivity index is 2.28. The van der Waals surface area contributed by atoms with E-state index in [0.29, 0.717) is 5.88 Å². The van der Waals surface area contributed by atoms with E-state index in [2.05, 4.69) is 12.1 Å². The molecule has 3 heteroatoms. The van der Waals surface area contributed by atoms with Gasteiger partial charge in [0.25, 0.3) is 0 Å². The lowest BCUT2D eigenvalue weighted by atomic mass is 9.76. The molecule has 1 nitrogen and oxygen atoms in total. The fourth-order valence-corrected chi connectivity index (χ4v) is 2.61. The molecule has 1 heterocycles. The van der Waals surface area contributed by atoms with Crippen molar-refractivity contribution < 1.29 is 4.74 Å². The molecule has 0 N–H and O–H groups in total. The van der Waals surface area contributed by atoms with Crippen LogP contribution in [0.4, 0.5) is 0 Å². The molecule has 1 aromatic rings. The fraction of sp³-hybridized carbons (Fsp3) is 0.500. The molecule has 0 radical (unpaired) electrons. The summed E-state index contributed by atoms with van der Waals surface area (Å²) in [5, 5.41) is 0.774. The van der Waals surface area contributed by atoms with E-state index in [-0.39, 0.29) is 5.41 Å². The molecule has 0 unspecified atom stereocenters. The van der Waals surface area contributed by atoms with E-state index in [1.54, 1.807) is 0 Å². The van der Waals surface area contributed by atoms with Crippen molar-refractivity contribution in [2.24, 2.45) is 0 Å². The number of rotatable bonds is 2. The Morgan fingerprint density at radius 2 is 1.73 bits per heavy atom. The average molecular weight is 245 g/mol. The van der Waals surface area contributed by atoms with Gasteiger partial charge < -0.3 is 4.74 Å². The third kappa shape index (κ3) is 2.30. The van der Waals surface area contributed by atoms with Gasteiger partial charge in [0.1, 0.15) is 0 Å². The predicted molar refractivity (Wildman–Crippen MR) is 63.9 cm³/mol. The molecule has 0 aliphatic carbocycles. The Bertz CT molecular complexity index is 315. The highest BCUT2D eigenvalue weighted by Crippen LogP contribution is 2.36. The minimum atomic E-state index is 0.0877. The van der Waals surface area contributed by atoms with Gasteiger partial charge in [-0.05, 0) is 30.5 Å². The van der Waals surface area contributed by atoms with Gasteiger partial charge in [-0.3, -0.25) is 0 Å². The Labute approximate surface area is 100 Å². The Kier molecular flexibility index (Phi) is 3.55. The molecule has 1 fully saturated rings. The SMILES string of the molecule is ClCC1(c2ccc(Cl)cc2)CCOCC1. The van der Waals surface area contributed by atoms with Crippen molar-refractivity contribution in [3.63, 3.8) is 0 Å². The Morgan fingerprint density at radius 3 is 2.27 bits per heavy atom. The van der Waals surface area contributed by atoms with Gasteiger partial charge in [0.05, 0.1) is 0 Å². The summed E-state index contributed by atoms with van der Waals surface area (Å²) >= 11 is 12.0. The van der Waals surface area contributed by atoms with Crippen LogP contribution in [-0.2, 0) is 10.2 Å². The first-order chi connectivity index (χ1) is 7.27. The lowest BCUT2D eigenvalue weighted by Gasteiger charge is -2.36. The van der Waals surface area contributed by atoms with Gasteiger partial charge in [0, 0.05) is 29.5 Å². The topological polar surface area (TPSA) is 9.23 Å². The Hall–Kier alpha value is -0.240. The van der Waals surface area contributed by atoms with Crippen molar-refractivity contribution in [1.82, 2.24) is 0 Å². The standard InChI is InChI=1S/C12H14Cl2O/c13-9-12(5-7-15-8-6-12)10-1-3-11(14)4-2-10/h1-4H,5-9H2. The second-order valence-electron chi connectivity index (χ2n) is 4.03. The summed E-state index contributed by atoms with van der Waals surface area (Å²) in [5.74, 6) is 0.651. The van der Waals surface area contributed by atoms with Gasteiger partial charge in [-0.2, -0.15) is 0 Å². The molecular weight excluding hydrogens is 231 g/mol. The van der Waals surface area contributed by atoms with Gasteiger partial charge in [0.2, 0.25) is 0 Å². The molecule has 15 heavy (non-hydrogen) atoms. The number of benzene rings is 1. The van der Waals surface area contributed by atoms with Crippen LogP contribution in [0, 0.1) is 0 Å². The van der Waals surface area contributed by atoms with Gasteiger partial charge in [-0.25, -0.2) is 0 Å². The smallest absolute Gasteiger partial charge is 0.0474 e. The molecule has 0 spiro atoms. The number of halogens is 2. The zero-order valence-electron chi connectivity index (χ0n) is 8.51. The van der Waals surface area contributed by atoms with E-state index in [4.69, 9.17) is 27.9 Å². The second kappa shape index (κ2) is 4.73. The van der Waals surface area contributed by atoms with Gasteiger partial charge >= 0.3 is 0 Å². The molecule has 2 rings (SSSR count). The molecular formula is C12H14Cl2O. The summed E-state index contributed by atoms with van der Waals surface area (Å²) in [6.45, 7) is 1.60. The summed E-state index contributed by atoms with van der Waals surface area (Å²) in [6, 6.07) is 8.02. The third-order valence-electron chi connectivity index (χ3n) is 3.16. The third-order valence-corrected chi connectivity index (χ3v) is 3.93. The highest BCUT2D eigenvalue weighted by molar-refractivity contribution is 6.30. The van der Waals surface area contributed by atoms with Gasteiger partial charge in [-0.1, -0.05) is 23.7 Å². The van der Waals surface area contributed by atoms with Crippen LogP contribution in [0.1, 0.15) is 18.4 Å². The molecule has 1 aromatic carbocycles. The van der Waals surface area contributed by atoms with E-state index in [9.17, 15) is 0 Å². The van der Waals surface area contributed by atoms with E-state index in [0.717, 1.165) is 31.1 Å². The van der Waals surface area contributed by atoms with E-state index in [1.165, 1.54) is 5.56 Å². The molecule has 82 valence electrons. The summed E-state index contributed by atoms with van der Waals surface area (Å²) in [7, 11) is 0.